The van der Waals surface area contributed by atoms with Crippen molar-refractivity contribution in [3.63, 3.8) is 0 Å². The number of carbonyl (C=O) groups is 1. The Balaban J connectivity index is 3.11. The second-order valence-corrected chi connectivity index (χ2v) is 5.96. The van der Waals surface area contributed by atoms with Crippen LogP contribution in [0.5, 0.6) is 0 Å². The van der Waals surface area contributed by atoms with Gasteiger partial charge in [0.25, 0.3) is 0 Å². The summed E-state index contributed by atoms with van der Waals surface area (Å²) in [5, 5.41) is 2.82. The average Bonchev–Trinajstić information content (AvgIpc) is 2.28. The van der Waals surface area contributed by atoms with E-state index in [1.807, 2.05) is 6.92 Å². The summed E-state index contributed by atoms with van der Waals surface area (Å²) < 4.78 is 22.9. The maximum absolute atomic E-state index is 11.4. The van der Waals surface area contributed by atoms with Crippen molar-refractivity contribution in [3.05, 3.63) is 17.7 Å². The smallest absolute Gasteiger partial charge is 0.248 e. The van der Waals surface area contributed by atoms with Crippen LogP contribution in [-0.2, 0) is 9.84 Å². The van der Waals surface area contributed by atoms with E-state index in [0.29, 0.717) is 12.4 Å². The molecule has 7 heteroatoms. The van der Waals surface area contributed by atoms with E-state index >= 15 is 0 Å². The average molecular weight is 271 g/mol. The number of amides is 1. The molecule has 0 fully saturated rings. The fraction of sp³-hybridized carbons (Fsp3) is 0.455. The van der Waals surface area contributed by atoms with Gasteiger partial charge in [-0.2, -0.15) is 0 Å². The number of pyridine rings is 1. The molecule has 0 aliphatic carbocycles. The molecule has 0 radical (unpaired) electrons. The summed E-state index contributed by atoms with van der Waals surface area (Å²) in [5.41, 5.74) is 5.29. The number of nitrogens with zero attached hydrogens (tertiary/aromatic N) is 1. The molecule has 0 unspecified atom stereocenters. The van der Waals surface area contributed by atoms with Crippen LogP contribution in [0.25, 0.3) is 0 Å². The third-order valence-electron chi connectivity index (χ3n) is 2.30. The number of aromatic nitrogens is 1. The lowest BCUT2D eigenvalue weighted by molar-refractivity contribution is 0.1000. The van der Waals surface area contributed by atoms with E-state index in [1.54, 1.807) is 0 Å². The molecule has 0 saturated heterocycles. The number of nitrogens with two attached hydrogens (primary N) is 1. The molecule has 0 atom stereocenters. The predicted molar refractivity (Wildman–Crippen MR) is 69.3 cm³/mol. The zero-order chi connectivity index (χ0) is 13.8. The van der Waals surface area contributed by atoms with Crippen molar-refractivity contribution in [3.8, 4) is 0 Å². The molecular weight excluding hydrogens is 254 g/mol. The molecule has 18 heavy (non-hydrogen) atoms. The van der Waals surface area contributed by atoms with E-state index in [1.165, 1.54) is 12.1 Å². The quantitative estimate of drug-likeness (QED) is 0.745. The van der Waals surface area contributed by atoms with Gasteiger partial charge in [0.15, 0.2) is 14.9 Å². The van der Waals surface area contributed by atoms with Gasteiger partial charge < -0.3 is 11.1 Å². The molecular formula is C11H17N3O3S. The van der Waals surface area contributed by atoms with E-state index < -0.39 is 15.7 Å². The fourth-order valence-electron chi connectivity index (χ4n) is 1.32. The first-order valence-corrected chi connectivity index (χ1v) is 7.49. The van der Waals surface area contributed by atoms with Crippen molar-refractivity contribution in [2.75, 3.05) is 18.1 Å². The Morgan fingerprint density at radius 2 is 2.11 bits per heavy atom. The van der Waals surface area contributed by atoms with Crippen molar-refractivity contribution < 1.29 is 13.2 Å². The molecule has 100 valence electrons. The van der Waals surface area contributed by atoms with Gasteiger partial charge in [-0.25, -0.2) is 13.4 Å². The Bertz CT molecular complexity index is 540. The van der Waals surface area contributed by atoms with Crippen LogP contribution in [0.15, 0.2) is 17.2 Å². The highest BCUT2D eigenvalue weighted by Gasteiger charge is 2.14. The summed E-state index contributed by atoms with van der Waals surface area (Å²) in [6.45, 7) is 2.70. The number of unbranched alkanes of at least 4 members (excludes halogenated alkanes) is 1. The molecule has 0 aromatic carbocycles. The Hall–Kier alpha value is -1.63. The van der Waals surface area contributed by atoms with Gasteiger partial charge in [0.05, 0.1) is 0 Å². The van der Waals surface area contributed by atoms with Gasteiger partial charge >= 0.3 is 0 Å². The van der Waals surface area contributed by atoms with Gasteiger partial charge in [-0.3, -0.25) is 4.79 Å². The van der Waals surface area contributed by atoms with Crippen LogP contribution in [0.4, 0.5) is 5.82 Å². The number of hydrogen-bond donors (Lipinski definition) is 2. The zero-order valence-corrected chi connectivity index (χ0v) is 11.3. The number of rotatable bonds is 6. The van der Waals surface area contributed by atoms with Crippen molar-refractivity contribution in [1.82, 2.24) is 4.98 Å². The summed E-state index contributed by atoms with van der Waals surface area (Å²) in [5.74, 6) is -0.332. The summed E-state index contributed by atoms with van der Waals surface area (Å²) in [7, 11) is -3.47. The molecule has 0 saturated carbocycles. The monoisotopic (exact) mass is 271 g/mol. The normalized spacial score (nSPS) is 11.2. The third-order valence-corrected chi connectivity index (χ3v) is 3.27. The largest absolute Gasteiger partial charge is 0.370 e. The highest BCUT2D eigenvalue weighted by Crippen LogP contribution is 2.14. The van der Waals surface area contributed by atoms with Gasteiger partial charge in [0.1, 0.15) is 5.82 Å². The Morgan fingerprint density at radius 3 is 2.61 bits per heavy atom. The second-order valence-electron chi connectivity index (χ2n) is 4.00. The summed E-state index contributed by atoms with van der Waals surface area (Å²) in [6.07, 6.45) is 2.97. The lowest BCUT2D eigenvalue weighted by Crippen LogP contribution is -2.15. The highest BCUT2D eigenvalue weighted by atomic mass is 32.2. The number of sulfone groups is 1. The van der Waals surface area contributed by atoms with Crippen molar-refractivity contribution >= 4 is 21.6 Å². The molecule has 6 nitrogen and oxygen atoms in total. The van der Waals surface area contributed by atoms with Gasteiger partial charge in [-0.15, -0.1) is 0 Å². The maximum Gasteiger partial charge on any atom is 0.248 e. The minimum atomic E-state index is -3.47. The maximum atomic E-state index is 11.4. The van der Waals surface area contributed by atoms with Crippen molar-refractivity contribution in [1.29, 1.82) is 0 Å². The fourth-order valence-corrected chi connectivity index (χ4v) is 1.93. The molecule has 0 aliphatic heterocycles. The van der Waals surface area contributed by atoms with E-state index in [4.69, 9.17) is 5.73 Å². The summed E-state index contributed by atoms with van der Waals surface area (Å²) >= 11 is 0. The molecule has 1 amide bonds. The Morgan fingerprint density at radius 1 is 1.44 bits per heavy atom. The number of hydrogen-bond acceptors (Lipinski definition) is 5. The standard InChI is InChI=1S/C11H17N3O3S/c1-3-4-5-13-9-6-8(11(12)15)7-10(14-9)18(2,16)17/h6-7H,3-5H2,1-2H3,(H2,12,15)(H,13,14). The molecule has 0 spiro atoms. The molecule has 1 aromatic rings. The summed E-state index contributed by atoms with van der Waals surface area (Å²) in [4.78, 5) is 15.1. The molecule has 0 bridgehead atoms. The van der Waals surface area contributed by atoms with Crippen molar-refractivity contribution in [2.45, 2.75) is 24.8 Å². The number of anilines is 1. The van der Waals surface area contributed by atoms with Crippen LogP contribution in [-0.4, -0.2) is 32.1 Å². The van der Waals surface area contributed by atoms with Crippen molar-refractivity contribution in [2.24, 2.45) is 5.73 Å². The molecule has 3 N–H and O–H groups in total. The van der Waals surface area contributed by atoms with E-state index in [9.17, 15) is 13.2 Å². The van der Waals surface area contributed by atoms with Crippen LogP contribution in [0.3, 0.4) is 0 Å². The Labute approximate surface area is 107 Å². The van der Waals surface area contributed by atoms with E-state index in [2.05, 4.69) is 10.3 Å². The topological polar surface area (TPSA) is 102 Å². The van der Waals surface area contributed by atoms with Crippen LogP contribution >= 0.6 is 0 Å². The Kier molecular flexibility index (Phi) is 4.66. The predicted octanol–water partition coefficient (Wildman–Crippen LogP) is 0.796. The first-order chi connectivity index (χ1) is 8.34. The third kappa shape index (κ3) is 3.99. The number of nitrogens with one attached hydrogen (secondary N) is 1. The van der Waals surface area contributed by atoms with Gasteiger partial charge in [-0.05, 0) is 18.6 Å². The van der Waals surface area contributed by atoms with Crippen LogP contribution in [0.2, 0.25) is 0 Å². The zero-order valence-electron chi connectivity index (χ0n) is 10.4. The molecule has 1 heterocycles. The van der Waals surface area contributed by atoms with E-state index in [-0.39, 0.29) is 10.6 Å². The SMILES string of the molecule is CCCCNc1cc(C(N)=O)cc(S(C)(=O)=O)n1. The molecule has 0 aliphatic rings. The highest BCUT2D eigenvalue weighted by molar-refractivity contribution is 7.90. The van der Waals surface area contributed by atoms with Crippen LogP contribution < -0.4 is 11.1 Å². The van der Waals surface area contributed by atoms with Gasteiger partial charge in [-0.1, -0.05) is 13.3 Å². The summed E-state index contributed by atoms with van der Waals surface area (Å²) in [6, 6.07) is 2.63. The number of primary amides is 1. The second kappa shape index (κ2) is 5.81. The lowest BCUT2D eigenvalue weighted by Gasteiger charge is -2.08. The molecule has 1 rings (SSSR count). The first kappa shape index (κ1) is 14.4. The first-order valence-electron chi connectivity index (χ1n) is 5.60. The van der Waals surface area contributed by atoms with Gasteiger partial charge in [0.2, 0.25) is 5.91 Å². The van der Waals surface area contributed by atoms with Gasteiger partial charge in [0, 0.05) is 18.4 Å². The molecule has 1 aromatic heterocycles. The minimum Gasteiger partial charge on any atom is -0.370 e. The van der Waals surface area contributed by atoms with E-state index in [0.717, 1.165) is 19.1 Å². The lowest BCUT2D eigenvalue weighted by atomic mass is 10.2. The van der Waals surface area contributed by atoms with Crippen LogP contribution in [0.1, 0.15) is 30.1 Å². The van der Waals surface area contributed by atoms with Crippen LogP contribution in [0, 0.1) is 0 Å². The minimum absolute atomic E-state index is 0.129. The number of carbonyl (C=O) groups excluding carboxylic acids is 1.